The van der Waals surface area contributed by atoms with Gasteiger partial charge in [-0.15, -0.1) is 0 Å². The van der Waals surface area contributed by atoms with Crippen LogP contribution in [0.2, 0.25) is 0 Å². The number of hydrogen-bond donors (Lipinski definition) is 2. The lowest BCUT2D eigenvalue weighted by atomic mass is 10.2. The lowest BCUT2D eigenvalue weighted by molar-refractivity contribution is -0.0505. The summed E-state index contributed by atoms with van der Waals surface area (Å²) in [6.07, 6.45) is 0.811. The highest BCUT2D eigenvalue weighted by Crippen LogP contribution is 2.26. The van der Waals surface area contributed by atoms with Crippen molar-refractivity contribution in [1.29, 1.82) is 0 Å². The standard InChI is InChI=1S/C13H18F2N2O3/c1-3-6-19-10-5-4-9(8-17-13(18)16-2)11(7-10)20-12(14)15/h4-5,7,12H,3,6,8H2,1-2H3,(H2,16,17,18). The maximum atomic E-state index is 12.4. The van der Waals surface area contributed by atoms with E-state index in [1.165, 1.54) is 13.1 Å². The van der Waals surface area contributed by atoms with Gasteiger partial charge in [-0.3, -0.25) is 0 Å². The minimum absolute atomic E-state index is 0.00925. The second-order valence-corrected chi connectivity index (χ2v) is 3.93. The van der Waals surface area contributed by atoms with Crippen molar-refractivity contribution in [2.75, 3.05) is 13.7 Å². The summed E-state index contributed by atoms with van der Waals surface area (Å²) in [5.74, 6) is 0.441. The smallest absolute Gasteiger partial charge is 0.387 e. The Hall–Kier alpha value is -2.05. The summed E-state index contributed by atoms with van der Waals surface area (Å²) in [4.78, 5) is 11.1. The van der Waals surface area contributed by atoms with Crippen LogP contribution in [0, 0.1) is 0 Å². The fraction of sp³-hybridized carbons (Fsp3) is 0.462. The van der Waals surface area contributed by atoms with Gasteiger partial charge in [0.15, 0.2) is 0 Å². The van der Waals surface area contributed by atoms with E-state index in [1.807, 2.05) is 6.92 Å². The molecule has 7 heteroatoms. The first-order chi connectivity index (χ1) is 9.56. The first-order valence-electron chi connectivity index (χ1n) is 6.23. The number of nitrogens with one attached hydrogen (secondary N) is 2. The van der Waals surface area contributed by atoms with Gasteiger partial charge in [-0.2, -0.15) is 8.78 Å². The molecule has 0 aliphatic rings. The quantitative estimate of drug-likeness (QED) is 0.810. The normalized spacial score (nSPS) is 10.2. The van der Waals surface area contributed by atoms with Gasteiger partial charge in [0.25, 0.3) is 0 Å². The van der Waals surface area contributed by atoms with Crippen LogP contribution in [0.3, 0.4) is 0 Å². The van der Waals surface area contributed by atoms with E-state index in [4.69, 9.17) is 4.74 Å². The zero-order valence-electron chi connectivity index (χ0n) is 11.4. The first kappa shape index (κ1) is 16.0. The Morgan fingerprint density at radius 1 is 1.40 bits per heavy atom. The second-order valence-electron chi connectivity index (χ2n) is 3.93. The molecule has 0 saturated heterocycles. The molecule has 1 aromatic carbocycles. The van der Waals surface area contributed by atoms with Gasteiger partial charge in [-0.1, -0.05) is 6.92 Å². The topological polar surface area (TPSA) is 59.6 Å². The molecule has 0 atom stereocenters. The van der Waals surface area contributed by atoms with Crippen molar-refractivity contribution >= 4 is 6.03 Å². The maximum Gasteiger partial charge on any atom is 0.387 e. The lowest BCUT2D eigenvalue weighted by Crippen LogP contribution is -2.32. The molecule has 20 heavy (non-hydrogen) atoms. The van der Waals surface area contributed by atoms with Gasteiger partial charge >= 0.3 is 12.6 Å². The highest BCUT2D eigenvalue weighted by Gasteiger charge is 2.12. The highest BCUT2D eigenvalue weighted by molar-refractivity contribution is 5.73. The first-order valence-corrected chi connectivity index (χ1v) is 6.23. The largest absolute Gasteiger partial charge is 0.493 e. The van der Waals surface area contributed by atoms with Gasteiger partial charge in [-0.25, -0.2) is 4.79 Å². The number of urea groups is 1. The summed E-state index contributed by atoms with van der Waals surface area (Å²) >= 11 is 0. The third-order valence-electron chi connectivity index (χ3n) is 2.39. The molecule has 0 heterocycles. The molecular weight excluding hydrogens is 270 g/mol. The molecule has 0 spiro atoms. The third-order valence-corrected chi connectivity index (χ3v) is 2.39. The number of alkyl halides is 2. The van der Waals surface area contributed by atoms with Crippen LogP contribution in [-0.4, -0.2) is 26.3 Å². The van der Waals surface area contributed by atoms with Crippen LogP contribution in [0.25, 0.3) is 0 Å². The maximum absolute atomic E-state index is 12.4. The van der Waals surface area contributed by atoms with E-state index in [9.17, 15) is 13.6 Å². The summed E-state index contributed by atoms with van der Waals surface area (Å²) in [6, 6.07) is 4.22. The molecule has 0 radical (unpaired) electrons. The Balaban J connectivity index is 2.82. The van der Waals surface area contributed by atoms with Crippen molar-refractivity contribution in [3.63, 3.8) is 0 Å². The Morgan fingerprint density at radius 3 is 2.75 bits per heavy atom. The van der Waals surface area contributed by atoms with Crippen molar-refractivity contribution in [3.8, 4) is 11.5 Å². The molecule has 0 bridgehead atoms. The molecule has 0 fully saturated rings. The van der Waals surface area contributed by atoms with E-state index in [0.717, 1.165) is 6.42 Å². The number of benzene rings is 1. The van der Waals surface area contributed by atoms with E-state index in [0.29, 0.717) is 17.9 Å². The van der Waals surface area contributed by atoms with Crippen LogP contribution in [0.4, 0.5) is 13.6 Å². The van der Waals surface area contributed by atoms with Gasteiger partial charge in [0.1, 0.15) is 11.5 Å². The Kier molecular flexibility index (Phi) is 6.55. The second kappa shape index (κ2) is 8.19. The van der Waals surface area contributed by atoms with Gasteiger partial charge in [0.2, 0.25) is 0 Å². The Bertz CT molecular complexity index is 442. The van der Waals surface area contributed by atoms with E-state index >= 15 is 0 Å². The van der Waals surface area contributed by atoms with Crippen LogP contribution in [-0.2, 0) is 6.54 Å². The zero-order chi connectivity index (χ0) is 15.0. The van der Waals surface area contributed by atoms with Gasteiger partial charge in [0, 0.05) is 25.2 Å². The summed E-state index contributed by atoms with van der Waals surface area (Å²) in [7, 11) is 1.47. The molecular formula is C13H18F2N2O3. The zero-order valence-corrected chi connectivity index (χ0v) is 11.4. The van der Waals surface area contributed by atoms with E-state index < -0.39 is 12.6 Å². The molecule has 1 rings (SSSR count). The average molecular weight is 288 g/mol. The Morgan fingerprint density at radius 2 is 2.15 bits per heavy atom. The molecule has 112 valence electrons. The van der Waals surface area contributed by atoms with Crippen molar-refractivity contribution in [3.05, 3.63) is 23.8 Å². The number of ether oxygens (including phenoxy) is 2. The molecule has 0 aliphatic carbocycles. The number of carbonyl (C=O) groups is 1. The van der Waals surface area contributed by atoms with E-state index in [1.54, 1.807) is 12.1 Å². The number of carbonyl (C=O) groups excluding carboxylic acids is 1. The number of hydrogen-bond acceptors (Lipinski definition) is 3. The fourth-order valence-corrected chi connectivity index (χ4v) is 1.46. The van der Waals surface area contributed by atoms with Crippen LogP contribution < -0.4 is 20.1 Å². The number of rotatable bonds is 7. The van der Waals surface area contributed by atoms with Crippen LogP contribution in [0.1, 0.15) is 18.9 Å². The van der Waals surface area contributed by atoms with E-state index in [-0.39, 0.29) is 12.3 Å². The predicted molar refractivity (Wildman–Crippen MR) is 70.2 cm³/mol. The molecule has 0 saturated carbocycles. The molecule has 2 N–H and O–H groups in total. The summed E-state index contributed by atoms with van der Waals surface area (Å²) in [6.45, 7) is -0.423. The van der Waals surface area contributed by atoms with Crippen molar-refractivity contribution in [1.82, 2.24) is 10.6 Å². The van der Waals surface area contributed by atoms with Gasteiger partial charge in [0.05, 0.1) is 6.61 Å². The molecule has 0 aliphatic heterocycles. The third kappa shape index (κ3) is 5.29. The molecule has 5 nitrogen and oxygen atoms in total. The number of amides is 2. The van der Waals surface area contributed by atoms with E-state index in [2.05, 4.69) is 15.4 Å². The minimum atomic E-state index is -2.94. The monoisotopic (exact) mass is 288 g/mol. The van der Waals surface area contributed by atoms with Crippen LogP contribution in [0.5, 0.6) is 11.5 Å². The Labute approximate surface area is 116 Å². The summed E-state index contributed by atoms with van der Waals surface area (Å²) in [5, 5.41) is 4.88. The molecule has 1 aromatic rings. The number of halogens is 2. The summed E-state index contributed by atoms with van der Waals surface area (Å²) < 4.78 is 34.6. The predicted octanol–water partition coefficient (Wildman–Crippen LogP) is 2.51. The molecule has 0 unspecified atom stereocenters. The highest BCUT2D eigenvalue weighted by atomic mass is 19.3. The average Bonchev–Trinajstić information content (AvgIpc) is 2.43. The van der Waals surface area contributed by atoms with Crippen LogP contribution >= 0.6 is 0 Å². The van der Waals surface area contributed by atoms with Crippen LogP contribution in [0.15, 0.2) is 18.2 Å². The molecule has 0 aromatic heterocycles. The van der Waals surface area contributed by atoms with Crippen molar-refractivity contribution in [2.24, 2.45) is 0 Å². The lowest BCUT2D eigenvalue weighted by Gasteiger charge is -2.13. The van der Waals surface area contributed by atoms with Crippen molar-refractivity contribution < 1.29 is 23.0 Å². The minimum Gasteiger partial charge on any atom is -0.493 e. The van der Waals surface area contributed by atoms with Gasteiger partial charge in [-0.05, 0) is 18.6 Å². The SMILES string of the molecule is CCCOc1ccc(CNC(=O)NC)c(OC(F)F)c1. The fourth-order valence-electron chi connectivity index (χ4n) is 1.46. The summed E-state index contributed by atoms with van der Waals surface area (Å²) in [5.41, 5.74) is 0.442. The van der Waals surface area contributed by atoms with Crippen molar-refractivity contribution in [2.45, 2.75) is 26.5 Å². The molecule has 2 amide bonds. The van der Waals surface area contributed by atoms with Gasteiger partial charge < -0.3 is 20.1 Å².